The van der Waals surface area contributed by atoms with Crippen molar-refractivity contribution in [3.05, 3.63) is 35.4 Å². The van der Waals surface area contributed by atoms with Gasteiger partial charge >= 0.3 is 117 Å². The first-order chi connectivity index (χ1) is 7.76. The summed E-state index contributed by atoms with van der Waals surface area (Å²) >= 11 is 1.33. The van der Waals surface area contributed by atoms with Crippen molar-refractivity contribution in [2.75, 3.05) is 0 Å². The van der Waals surface area contributed by atoms with Crippen LogP contribution >= 0.6 is 0 Å². The molecule has 1 aromatic carbocycles. The molecule has 0 saturated carbocycles. The summed E-state index contributed by atoms with van der Waals surface area (Å²) in [6, 6.07) is 8.82. The van der Waals surface area contributed by atoms with E-state index >= 15 is 0 Å². The van der Waals surface area contributed by atoms with Crippen molar-refractivity contribution >= 4 is 8.32 Å². The van der Waals surface area contributed by atoms with Crippen LogP contribution in [0.15, 0.2) is 24.3 Å². The second-order valence-corrected chi connectivity index (χ2v) is 12.0. The number of hydrogen-bond acceptors (Lipinski definition) is 1. The van der Waals surface area contributed by atoms with Gasteiger partial charge in [0.1, 0.15) is 0 Å². The Morgan fingerprint density at radius 1 is 1.17 bits per heavy atom. The van der Waals surface area contributed by atoms with Gasteiger partial charge < -0.3 is 17.0 Å². The zero-order valence-corrected chi connectivity index (χ0v) is 17.8. The Kier molecular flexibility index (Phi) is 7.53. The Morgan fingerprint density at radius 3 is 2.22 bits per heavy atom. The van der Waals surface area contributed by atoms with E-state index in [2.05, 4.69) is 58.1 Å². The topological polar surface area (TPSA) is 9.23 Å². The Labute approximate surface area is 133 Å². The summed E-state index contributed by atoms with van der Waals surface area (Å²) in [5, 5.41) is 1.51. The quantitative estimate of drug-likeness (QED) is 0.715. The first kappa shape index (κ1) is 18.5. The second-order valence-electron chi connectivity index (χ2n) is 6.12. The first-order valence-electron chi connectivity index (χ1n) is 6.27. The van der Waals surface area contributed by atoms with Crippen LogP contribution in [0.4, 0.5) is 0 Å². The van der Waals surface area contributed by atoms with Gasteiger partial charge in [-0.3, -0.25) is 0 Å². The number of hydrogen-bond donors (Lipinski definition) is 0. The summed E-state index contributed by atoms with van der Waals surface area (Å²) in [5.41, 5.74) is 2.77. The first-order valence-corrected chi connectivity index (χ1v) is 11.3. The van der Waals surface area contributed by atoms with Crippen LogP contribution in [0, 0.1) is 0 Å². The normalized spacial score (nSPS) is 12.2. The van der Waals surface area contributed by atoms with Crippen LogP contribution < -0.4 is 17.0 Å². The van der Waals surface area contributed by atoms with Crippen LogP contribution in [-0.2, 0) is 34.4 Å². The monoisotopic (exact) mass is 378 g/mol. The van der Waals surface area contributed by atoms with E-state index in [0.717, 1.165) is 6.61 Å². The van der Waals surface area contributed by atoms with Crippen molar-refractivity contribution in [2.24, 2.45) is 0 Å². The minimum absolute atomic E-state index is 0. The Morgan fingerprint density at radius 2 is 1.72 bits per heavy atom. The predicted octanol–water partition coefficient (Wildman–Crippen LogP) is 1.26. The van der Waals surface area contributed by atoms with Gasteiger partial charge in [0, 0.05) is 0 Å². The maximum atomic E-state index is 6.23. The molecule has 0 bridgehead atoms. The van der Waals surface area contributed by atoms with Gasteiger partial charge in [-0.25, -0.2) is 0 Å². The minimum atomic E-state index is -1.61. The van der Waals surface area contributed by atoms with Crippen molar-refractivity contribution in [1.29, 1.82) is 0 Å². The molecule has 0 unspecified atom stereocenters. The van der Waals surface area contributed by atoms with Gasteiger partial charge in [-0.1, -0.05) is 0 Å². The van der Waals surface area contributed by atoms with Gasteiger partial charge in [0.25, 0.3) is 0 Å². The standard InChI is InChI=1S/C14H23OSi.BrH.Zn/c1-12-8-7-9-13(10-12)11-15-16(5,6)14(2,3)4;;/h7-10H,1,11H2,2-6H3;1H;/q;;+1/p-1. The van der Waals surface area contributed by atoms with E-state index in [-0.39, 0.29) is 17.0 Å². The minimum Gasteiger partial charge on any atom is -1.00 e. The molecule has 0 N–H and O–H groups in total. The van der Waals surface area contributed by atoms with Crippen LogP contribution in [-0.4, -0.2) is 8.32 Å². The van der Waals surface area contributed by atoms with Gasteiger partial charge in [-0.15, -0.1) is 0 Å². The third kappa shape index (κ3) is 5.24. The third-order valence-corrected chi connectivity index (χ3v) is 9.38. The molecule has 0 saturated heterocycles. The smallest absolute Gasteiger partial charge is 1.00 e. The van der Waals surface area contributed by atoms with E-state index in [1.807, 2.05) is 0 Å². The maximum Gasteiger partial charge on any atom is -1.00 e. The molecule has 0 aliphatic carbocycles. The fourth-order valence-electron chi connectivity index (χ4n) is 1.36. The Bertz CT molecular complexity index is 374. The molecule has 0 aromatic heterocycles. The molecule has 0 amide bonds. The molecule has 98 valence electrons. The van der Waals surface area contributed by atoms with Crippen LogP contribution in [0.5, 0.6) is 0 Å². The van der Waals surface area contributed by atoms with Gasteiger partial charge in [0.05, 0.1) is 0 Å². The van der Waals surface area contributed by atoms with Crippen LogP contribution in [0.3, 0.4) is 0 Å². The Hall–Kier alpha value is 0.500. The molecule has 1 rings (SSSR count). The predicted molar refractivity (Wildman–Crippen MR) is 72.1 cm³/mol. The summed E-state index contributed by atoms with van der Waals surface area (Å²) < 4.78 is 6.23. The molecule has 0 radical (unpaired) electrons. The molecular formula is C14H23BrOSiZn. The fourth-order valence-corrected chi connectivity index (χ4v) is 2.97. The average molecular weight is 381 g/mol. The summed E-state index contributed by atoms with van der Waals surface area (Å²) in [4.78, 5) is 0. The molecule has 0 atom stereocenters. The number of rotatable bonds is 4. The summed E-state index contributed by atoms with van der Waals surface area (Å²) in [5.74, 6) is 0. The van der Waals surface area contributed by atoms with Crippen molar-refractivity contribution < 1.29 is 39.7 Å². The molecule has 0 aliphatic heterocycles. The molecule has 0 fully saturated rings. The molecule has 0 aliphatic rings. The zero-order valence-electron chi connectivity index (χ0n) is 12.2. The fraction of sp³-hybridized carbons (Fsp3) is 0.571. The summed E-state index contributed by atoms with van der Waals surface area (Å²) in [7, 11) is -1.61. The van der Waals surface area contributed by atoms with Gasteiger partial charge in [-0.05, 0) is 0 Å². The zero-order chi connectivity index (χ0) is 13.1. The van der Waals surface area contributed by atoms with Gasteiger partial charge in [0.2, 0.25) is 0 Å². The molecule has 4 heteroatoms. The van der Waals surface area contributed by atoms with E-state index in [4.69, 9.17) is 4.43 Å². The summed E-state index contributed by atoms with van der Waals surface area (Å²) in [6.45, 7) is 12.2. The maximum absolute atomic E-state index is 6.23. The van der Waals surface area contributed by atoms with E-state index in [1.54, 1.807) is 0 Å². The Balaban J connectivity index is 0.00000289. The van der Waals surface area contributed by atoms with Crippen molar-refractivity contribution in [3.63, 3.8) is 0 Å². The third-order valence-electron chi connectivity index (χ3n) is 3.69. The molecule has 1 nitrogen and oxygen atoms in total. The molecule has 0 heterocycles. The van der Waals surface area contributed by atoms with E-state index in [0.29, 0.717) is 5.04 Å². The summed E-state index contributed by atoms with van der Waals surface area (Å²) in [6.07, 6.45) is 0. The van der Waals surface area contributed by atoms with E-state index in [9.17, 15) is 0 Å². The largest absolute Gasteiger partial charge is 1.00 e. The van der Waals surface area contributed by atoms with Crippen LogP contribution in [0.25, 0.3) is 0 Å². The van der Waals surface area contributed by atoms with Crippen molar-refractivity contribution in [2.45, 2.75) is 50.5 Å². The van der Waals surface area contributed by atoms with Crippen LogP contribution in [0.2, 0.25) is 18.1 Å². The van der Waals surface area contributed by atoms with Crippen molar-refractivity contribution in [1.82, 2.24) is 0 Å². The van der Waals surface area contributed by atoms with Gasteiger partial charge in [-0.2, -0.15) is 0 Å². The van der Waals surface area contributed by atoms with Crippen molar-refractivity contribution in [3.8, 4) is 0 Å². The SMILES string of the molecule is CC(C)(C)[Si](C)(C)OCc1cccc([CH2][Zn+])c1.[Br-]. The molecule has 0 spiro atoms. The second kappa shape index (κ2) is 7.33. The van der Waals surface area contributed by atoms with E-state index in [1.165, 1.54) is 34.4 Å². The van der Waals surface area contributed by atoms with E-state index < -0.39 is 8.32 Å². The van der Waals surface area contributed by atoms with Gasteiger partial charge in [0.15, 0.2) is 0 Å². The average Bonchev–Trinajstić information content (AvgIpc) is 2.25. The number of halogens is 1. The number of benzene rings is 1. The molecular weight excluding hydrogens is 358 g/mol. The van der Waals surface area contributed by atoms with Crippen LogP contribution in [0.1, 0.15) is 31.9 Å². The molecule has 1 aromatic rings. The molecule has 18 heavy (non-hydrogen) atoms.